The zero-order chi connectivity index (χ0) is 21.9. The molecule has 31 heavy (non-hydrogen) atoms. The molecule has 1 atom stereocenters. The van der Waals surface area contributed by atoms with E-state index in [0.29, 0.717) is 6.04 Å². The minimum atomic E-state index is -0.0415. The summed E-state index contributed by atoms with van der Waals surface area (Å²) in [6.45, 7) is 6.38. The number of carbonyl (C=O) groups is 1. The first-order valence-electron chi connectivity index (χ1n) is 11.9. The fourth-order valence-electron chi connectivity index (χ4n) is 4.08. The Hall–Kier alpha value is -2.28. The van der Waals surface area contributed by atoms with Crippen LogP contribution in [0, 0.1) is 0 Å². The number of rotatable bonds is 11. The van der Waals surface area contributed by atoms with Gasteiger partial charge in [-0.2, -0.15) is 0 Å². The van der Waals surface area contributed by atoms with Gasteiger partial charge in [-0.05, 0) is 62.8 Å². The maximum atomic E-state index is 11.7. The monoisotopic (exact) mass is 429 g/mol. The summed E-state index contributed by atoms with van der Waals surface area (Å²) in [5, 5.41) is 9.76. The number of benzene rings is 1. The second-order valence-electron chi connectivity index (χ2n) is 8.54. The number of carbonyl (C=O) groups excluding carboxylic acids is 1. The van der Waals surface area contributed by atoms with Crippen LogP contribution in [0.25, 0.3) is 0 Å². The third kappa shape index (κ3) is 8.40. The predicted molar refractivity (Wildman–Crippen MR) is 126 cm³/mol. The van der Waals surface area contributed by atoms with Gasteiger partial charge in [0.1, 0.15) is 5.75 Å². The van der Waals surface area contributed by atoms with Crippen LogP contribution in [0.15, 0.2) is 29.3 Å². The molecule has 1 heterocycles. The van der Waals surface area contributed by atoms with Crippen molar-refractivity contribution in [2.45, 2.75) is 64.0 Å². The Morgan fingerprint density at radius 3 is 2.61 bits per heavy atom. The Kier molecular flexibility index (Phi) is 9.46. The summed E-state index contributed by atoms with van der Waals surface area (Å²) in [6.07, 6.45) is 8.34. The van der Waals surface area contributed by atoms with Crippen molar-refractivity contribution in [3.05, 3.63) is 29.8 Å². The smallest absolute Gasteiger partial charge is 0.258 e. The standard InChI is InChI=1S/C24H39N5O2/c1-3-21-6-4-5-16-29(21)17-15-27-24(25-2)26-14-13-19-7-11-22(12-8-19)31-18-23(30)28-20-9-10-20/h7-8,11-12,20-21H,3-6,9-10,13-18H2,1-2H3,(H,28,30)(H2,25,26,27). The molecule has 172 valence electrons. The van der Waals surface area contributed by atoms with E-state index in [4.69, 9.17) is 4.74 Å². The van der Waals surface area contributed by atoms with E-state index in [1.54, 1.807) is 0 Å². The van der Waals surface area contributed by atoms with Crippen LogP contribution in [-0.2, 0) is 11.2 Å². The maximum Gasteiger partial charge on any atom is 0.258 e. The molecule has 1 amide bonds. The topological polar surface area (TPSA) is 78.0 Å². The van der Waals surface area contributed by atoms with Crippen molar-refractivity contribution in [2.75, 3.05) is 39.8 Å². The second kappa shape index (κ2) is 12.5. The molecule has 1 aromatic rings. The molecule has 7 heteroatoms. The average Bonchev–Trinajstić information content (AvgIpc) is 3.61. The predicted octanol–water partition coefficient (Wildman–Crippen LogP) is 2.32. The van der Waals surface area contributed by atoms with Crippen LogP contribution < -0.4 is 20.7 Å². The molecule has 1 saturated heterocycles. The lowest BCUT2D eigenvalue weighted by molar-refractivity contribution is -0.123. The molecule has 2 aliphatic rings. The van der Waals surface area contributed by atoms with E-state index in [-0.39, 0.29) is 12.5 Å². The molecule has 1 aliphatic carbocycles. The first-order chi connectivity index (χ1) is 15.2. The van der Waals surface area contributed by atoms with Crippen LogP contribution in [0.1, 0.15) is 51.0 Å². The number of aliphatic imine (C=N–C) groups is 1. The number of hydrogen-bond donors (Lipinski definition) is 3. The normalized spacial score (nSPS) is 19.7. The lowest BCUT2D eigenvalue weighted by Crippen LogP contribution is -2.46. The molecular formula is C24H39N5O2. The van der Waals surface area contributed by atoms with Gasteiger partial charge in [0, 0.05) is 38.8 Å². The minimum absolute atomic E-state index is 0.0415. The third-order valence-corrected chi connectivity index (χ3v) is 6.08. The second-order valence-corrected chi connectivity index (χ2v) is 8.54. The van der Waals surface area contributed by atoms with E-state index >= 15 is 0 Å². The number of nitrogens with one attached hydrogen (secondary N) is 3. The van der Waals surface area contributed by atoms with E-state index in [9.17, 15) is 4.79 Å². The largest absolute Gasteiger partial charge is 0.484 e. The Morgan fingerprint density at radius 2 is 1.90 bits per heavy atom. The molecule has 3 N–H and O–H groups in total. The highest BCUT2D eigenvalue weighted by molar-refractivity contribution is 5.79. The van der Waals surface area contributed by atoms with Crippen LogP contribution in [0.2, 0.25) is 0 Å². The van der Waals surface area contributed by atoms with Gasteiger partial charge in [-0.1, -0.05) is 25.5 Å². The first kappa shape index (κ1) is 23.4. The van der Waals surface area contributed by atoms with Crippen LogP contribution in [0.4, 0.5) is 0 Å². The number of amides is 1. The molecule has 1 aliphatic heterocycles. The van der Waals surface area contributed by atoms with Gasteiger partial charge >= 0.3 is 0 Å². The van der Waals surface area contributed by atoms with Gasteiger partial charge in [-0.25, -0.2) is 0 Å². The Balaban J connectivity index is 1.30. The van der Waals surface area contributed by atoms with Crippen molar-refractivity contribution in [2.24, 2.45) is 4.99 Å². The summed E-state index contributed by atoms with van der Waals surface area (Å²) in [4.78, 5) is 18.7. The molecule has 3 rings (SSSR count). The summed E-state index contributed by atoms with van der Waals surface area (Å²) >= 11 is 0. The summed E-state index contributed by atoms with van der Waals surface area (Å²) < 4.78 is 5.56. The first-order valence-corrected chi connectivity index (χ1v) is 11.9. The SMILES string of the molecule is CCC1CCCCN1CCNC(=NC)NCCc1ccc(OCC(=O)NC2CC2)cc1. The van der Waals surface area contributed by atoms with E-state index in [0.717, 1.165) is 56.6 Å². The summed E-state index contributed by atoms with van der Waals surface area (Å²) in [5.41, 5.74) is 1.22. The van der Waals surface area contributed by atoms with Crippen molar-refractivity contribution in [1.29, 1.82) is 0 Å². The van der Waals surface area contributed by atoms with E-state index in [1.165, 1.54) is 37.8 Å². The molecule has 7 nitrogen and oxygen atoms in total. The Morgan fingerprint density at radius 1 is 1.13 bits per heavy atom. The number of guanidine groups is 1. The maximum absolute atomic E-state index is 11.7. The number of likely N-dealkylation sites (tertiary alicyclic amines) is 1. The highest BCUT2D eigenvalue weighted by atomic mass is 16.5. The summed E-state index contributed by atoms with van der Waals surface area (Å²) in [5.74, 6) is 1.54. The van der Waals surface area contributed by atoms with Crippen molar-refractivity contribution >= 4 is 11.9 Å². The molecule has 0 radical (unpaired) electrons. The highest BCUT2D eigenvalue weighted by Gasteiger charge is 2.23. The lowest BCUT2D eigenvalue weighted by Gasteiger charge is -2.35. The van der Waals surface area contributed by atoms with Gasteiger partial charge in [-0.3, -0.25) is 14.7 Å². The zero-order valence-electron chi connectivity index (χ0n) is 19.2. The van der Waals surface area contributed by atoms with Gasteiger partial charge in [0.05, 0.1) is 0 Å². The van der Waals surface area contributed by atoms with E-state index in [1.807, 2.05) is 31.3 Å². The van der Waals surface area contributed by atoms with Crippen LogP contribution >= 0.6 is 0 Å². The average molecular weight is 430 g/mol. The summed E-state index contributed by atoms with van der Waals surface area (Å²) in [6, 6.07) is 9.06. The molecule has 1 saturated carbocycles. The van der Waals surface area contributed by atoms with Crippen LogP contribution in [-0.4, -0.2) is 68.7 Å². The Bertz CT molecular complexity index is 702. The molecule has 0 spiro atoms. The fraction of sp³-hybridized carbons (Fsp3) is 0.667. The Labute approximate surface area is 187 Å². The van der Waals surface area contributed by atoms with Gasteiger partial charge in [-0.15, -0.1) is 0 Å². The van der Waals surface area contributed by atoms with Gasteiger partial charge in [0.15, 0.2) is 12.6 Å². The van der Waals surface area contributed by atoms with E-state index in [2.05, 4.69) is 32.8 Å². The molecular weight excluding hydrogens is 390 g/mol. The number of hydrogen-bond acceptors (Lipinski definition) is 4. The molecule has 0 aromatic heterocycles. The number of ether oxygens (including phenoxy) is 1. The molecule has 2 fully saturated rings. The van der Waals surface area contributed by atoms with Crippen molar-refractivity contribution in [1.82, 2.24) is 20.9 Å². The quantitative estimate of drug-likeness (QED) is 0.372. The third-order valence-electron chi connectivity index (χ3n) is 6.08. The molecule has 1 aromatic carbocycles. The molecule has 0 bridgehead atoms. The fourth-order valence-corrected chi connectivity index (χ4v) is 4.08. The van der Waals surface area contributed by atoms with Crippen molar-refractivity contribution in [3.8, 4) is 5.75 Å². The summed E-state index contributed by atoms with van der Waals surface area (Å²) in [7, 11) is 1.82. The van der Waals surface area contributed by atoms with Gasteiger partial charge in [0.2, 0.25) is 0 Å². The number of nitrogens with zero attached hydrogens (tertiary/aromatic N) is 2. The zero-order valence-corrected chi connectivity index (χ0v) is 19.2. The van der Waals surface area contributed by atoms with Crippen molar-refractivity contribution in [3.63, 3.8) is 0 Å². The van der Waals surface area contributed by atoms with Crippen molar-refractivity contribution < 1.29 is 9.53 Å². The van der Waals surface area contributed by atoms with E-state index < -0.39 is 0 Å². The minimum Gasteiger partial charge on any atom is -0.484 e. The number of piperidine rings is 1. The molecule has 1 unspecified atom stereocenters. The van der Waals surface area contributed by atoms with Crippen LogP contribution in [0.3, 0.4) is 0 Å². The van der Waals surface area contributed by atoms with Crippen LogP contribution in [0.5, 0.6) is 5.75 Å². The van der Waals surface area contributed by atoms with Gasteiger partial charge < -0.3 is 20.7 Å². The highest BCUT2D eigenvalue weighted by Crippen LogP contribution is 2.19. The lowest BCUT2D eigenvalue weighted by atomic mass is 10.0. The van der Waals surface area contributed by atoms with Gasteiger partial charge in [0.25, 0.3) is 5.91 Å².